The quantitative estimate of drug-likeness (QED) is 0.908. The molecule has 1 aromatic carbocycles. The summed E-state index contributed by atoms with van der Waals surface area (Å²) < 4.78 is 5.52. The summed E-state index contributed by atoms with van der Waals surface area (Å²) in [6.07, 6.45) is 3.42. The average molecular weight is 316 g/mol. The van der Waals surface area contributed by atoms with Crippen molar-refractivity contribution in [1.82, 2.24) is 10.2 Å². The molecular formula is C19H28N2O2. The van der Waals surface area contributed by atoms with Crippen molar-refractivity contribution in [3.8, 4) is 0 Å². The minimum Gasteiger partial charge on any atom is -0.444 e. The number of carbonyl (C=O) groups excluding carboxylic acids is 1. The second-order valence-corrected chi connectivity index (χ2v) is 7.79. The van der Waals surface area contributed by atoms with E-state index < -0.39 is 5.60 Å². The topological polar surface area (TPSA) is 41.6 Å². The number of hydrogen-bond donors (Lipinski definition) is 1. The van der Waals surface area contributed by atoms with Crippen LogP contribution in [0.3, 0.4) is 0 Å². The molecule has 0 aromatic heterocycles. The van der Waals surface area contributed by atoms with Crippen molar-refractivity contribution in [2.75, 3.05) is 13.1 Å². The van der Waals surface area contributed by atoms with Crippen LogP contribution in [0.1, 0.15) is 50.3 Å². The van der Waals surface area contributed by atoms with Gasteiger partial charge in [0.2, 0.25) is 0 Å². The maximum atomic E-state index is 12.3. The Labute approximate surface area is 139 Å². The normalized spacial score (nSPS) is 18.8. The van der Waals surface area contributed by atoms with Crippen LogP contribution in [-0.4, -0.2) is 29.7 Å². The fourth-order valence-electron chi connectivity index (χ4n) is 3.54. The second-order valence-electron chi connectivity index (χ2n) is 7.79. The average Bonchev–Trinajstić information content (AvgIpc) is 2.92. The predicted octanol–water partition coefficient (Wildman–Crippen LogP) is 3.48. The number of hydrogen-bond acceptors (Lipinski definition) is 3. The number of carbonyl (C=O) groups is 1. The lowest BCUT2D eigenvalue weighted by Gasteiger charge is -2.24. The molecule has 1 amide bonds. The van der Waals surface area contributed by atoms with Gasteiger partial charge in [-0.05, 0) is 75.7 Å². The Balaban J connectivity index is 1.69. The highest BCUT2D eigenvalue weighted by Gasteiger charge is 2.29. The number of rotatable bonds is 2. The first kappa shape index (κ1) is 16.3. The van der Waals surface area contributed by atoms with Crippen LogP contribution in [0, 0.1) is 5.92 Å². The molecule has 0 unspecified atom stereocenters. The minimum absolute atomic E-state index is 0.207. The predicted molar refractivity (Wildman–Crippen MR) is 91.2 cm³/mol. The van der Waals surface area contributed by atoms with Crippen LogP contribution >= 0.6 is 0 Å². The van der Waals surface area contributed by atoms with E-state index in [2.05, 4.69) is 23.5 Å². The zero-order chi connectivity index (χ0) is 16.4. The number of ether oxygens (including phenoxy) is 1. The molecule has 4 heteroatoms. The molecule has 3 rings (SSSR count). The third kappa shape index (κ3) is 4.05. The van der Waals surface area contributed by atoms with Crippen LogP contribution in [0.15, 0.2) is 18.2 Å². The summed E-state index contributed by atoms with van der Waals surface area (Å²) in [7, 11) is 0. The van der Waals surface area contributed by atoms with Gasteiger partial charge in [0.15, 0.2) is 0 Å². The fourth-order valence-corrected chi connectivity index (χ4v) is 3.54. The van der Waals surface area contributed by atoms with Gasteiger partial charge in [-0.1, -0.05) is 18.2 Å². The van der Waals surface area contributed by atoms with Crippen molar-refractivity contribution in [3.05, 3.63) is 34.9 Å². The van der Waals surface area contributed by atoms with E-state index in [4.69, 9.17) is 4.74 Å². The Kier molecular flexibility index (Phi) is 4.62. The van der Waals surface area contributed by atoms with Gasteiger partial charge < -0.3 is 10.1 Å². The van der Waals surface area contributed by atoms with E-state index in [0.717, 1.165) is 25.4 Å². The van der Waals surface area contributed by atoms with Crippen molar-refractivity contribution < 1.29 is 9.53 Å². The van der Waals surface area contributed by atoms with Crippen LogP contribution in [0.25, 0.3) is 0 Å². The molecule has 2 heterocycles. The van der Waals surface area contributed by atoms with E-state index in [1.807, 2.05) is 25.7 Å². The van der Waals surface area contributed by atoms with Crippen molar-refractivity contribution >= 4 is 6.09 Å². The third-order valence-electron chi connectivity index (χ3n) is 4.70. The molecule has 0 bridgehead atoms. The highest BCUT2D eigenvalue weighted by Crippen LogP contribution is 2.30. The molecule has 1 fully saturated rings. The SMILES string of the molecule is CC(C)(C)OC(=O)N1Cc2cccc(CC3CCNCC3)c2C1. The maximum Gasteiger partial charge on any atom is 0.410 e. The largest absolute Gasteiger partial charge is 0.444 e. The standard InChI is InChI=1S/C19H28N2O2/c1-19(2,3)23-18(22)21-12-16-6-4-5-15(17(16)13-21)11-14-7-9-20-10-8-14/h4-6,14,20H,7-13H2,1-3H3. The van der Waals surface area contributed by atoms with Gasteiger partial charge in [-0.2, -0.15) is 0 Å². The summed E-state index contributed by atoms with van der Waals surface area (Å²) in [5.74, 6) is 0.762. The van der Waals surface area contributed by atoms with Crippen LogP contribution in [0.4, 0.5) is 4.79 Å². The minimum atomic E-state index is -0.441. The van der Waals surface area contributed by atoms with Gasteiger partial charge in [0.25, 0.3) is 0 Å². The second kappa shape index (κ2) is 6.52. The molecule has 4 nitrogen and oxygen atoms in total. The number of amides is 1. The van der Waals surface area contributed by atoms with Gasteiger partial charge in [0.1, 0.15) is 5.60 Å². The fraction of sp³-hybridized carbons (Fsp3) is 0.632. The van der Waals surface area contributed by atoms with Crippen LogP contribution in [0.2, 0.25) is 0 Å². The molecule has 2 aliphatic rings. The highest BCUT2D eigenvalue weighted by molar-refractivity contribution is 5.69. The van der Waals surface area contributed by atoms with Gasteiger partial charge in [-0.15, -0.1) is 0 Å². The van der Waals surface area contributed by atoms with E-state index in [0.29, 0.717) is 13.1 Å². The summed E-state index contributed by atoms with van der Waals surface area (Å²) in [4.78, 5) is 14.1. The Bertz CT molecular complexity index is 571. The molecule has 126 valence electrons. The van der Waals surface area contributed by atoms with E-state index in [9.17, 15) is 4.79 Å². The Morgan fingerprint density at radius 2 is 2.00 bits per heavy atom. The molecule has 2 aliphatic heterocycles. The van der Waals surface area contributed by atoms with E-state index >= 15 is 0 Å². The van der Waals surface area contributed by atoms with Crippen molar-refractivity contribution in [3.63, 3.8) is 0 Å². The molecular weight excluding hydrogens is 288 g/mol. The molecule has 1 aromatic rings. The number of benzene rings is 1. The van der Waals surface area contributed by atoms with Gasteiger partial charge >= 0.3 is 6.09 Å². The molecule has 0 saturated carbocycles. The zero-order valence-electron chi connectivity index (χ0n) is 14.5. The first-order valence-corrected chi connectivity index (χ1v) is 8.70. The summed E-state index contributed by atoms with van der Waals surface area (Å²) in [5, 5.41) is 3.43. The van der Waals surface area contributed by atoms with Crippen molar-refractivity contribution in [2.45, 2.75) is 58.7 Å². The Morgan fingerprint density at radius 1 is 1.26 bits per heavy atom. The summed E-state index contributed by atoms with van der Waals surface area (Å²) >= 11 is 0. The van der Waals surface area contributed by atoms with Gasteiger partial charge in [-0.3, -0.25) is 4.90 Å². The maximum absolute atomic E-state index is 12.3. The summed E-state index contributed by atoms with van der Waals surface area (Å²) in [6, 6.07) is 6.51. The smallest absolute Gasteiger partial charge is 0.410 e. The van der Waals surface area contributed by atoms with Crippen molar-refractivity contribution in [2.24, 2.45) is 5.92 Å². The summed E-state index contributed by atoms with van der Waals surface area (Å²) in [6.45, 7) is 9.35. The molecule has 0 spiro atoms. The zero-order valence-corrected chi connectivity index (χ0v) is 14.5. The molecule has 0 aliphatic carbocycles. The first-order chi connectivity index (χ1) is 10.9. The van der Waals surface area contributed by atoms with E-state index in [1.54, 1.807) is 0 Å². The molecule has 0 radical (unpaired) electrons. The van der Waals surface area contributed by atoms with Gasteiger partial charge in [0, 0.05) is 13.1 Å². The number of fused-ring (bicyclic) bond motifs is 1. The number of nitrogens with zero attached hydrogens (tertiary/aromatic N) is 1. The number of nitrogens with one attached hydrogen (secondary N) is 1. The third-order valence-corrected chi connectivity index (χ3v) is 4.70. The highest BCUT2D eigenvalue weighted by atomic mass is 16.6. The molecule has 1 N–H and O–H groups in total. The van der Waals surface area contributed by atoms with E-state index in [1.165, 1.54) is 29.5 Å². The lowest BCUT2D eigenvalue weighted by molar-refractivity contribution is 0.0241. The first-order valence-electron chi connectivity index (χ1n) is 8.70. The lowest BCUT2D eigenvalue weighted by atomic mass is 9.88. The van der Waals surface area contributed by atoms with Crippen molar-refractivity contribution in [1.29, 1.82) is 0 Å². The molecule has 0 atom stereocenters. The van der Waals surface area contributed by atoms with Crippen LogP contribution in [0.5, 0.6) is 0 Å². The summed E-state index contributed by atoms with van der Waals surface area (Å²) in [5.41, 5.74) is 3.60. The lowest BCUT2D eigenvalue weighted by Crippen LogP contribution is -2.33. The van der Waals surface area contributed by atoms with E-state index in [-0.39, 0.29) is 6.09 Å². The van der Waals surface area contributed by atoms with Gasteiger partial charge in [-0.25, -0.2) is 4.79 Å². The number of piperidine rings is 1. The van der Waals surface area contributed by atoms with Crippen LogP contribution < -0.4 is 5.32 Å². The van der Waals surface area contributed by atoms with Gasteiger partial charge in [0.05, 0.1) is 0 Å². The monoisotopic (exact) mass is 316 g/mol. The Hall–Kier alpha value is -1.55. The molecule has 1 saturated heterocycles. The molecule has 23 heavy (non-hydrogen) atoms. The van der Waals surface area contributed by atoms with Crippen LogP contribution in [-0.2, 0) is 24.2 Å². The Morgan fingerprint density at radius 3 is 2.70 bits per heavy atom.